The van der Waals surface area contributed by atoms with Crippen molar-refractivity contribution in [2.75, 3.05) is 20.3 Å². The quantitative estimate of drug-likeness (QED) is 0.724. The van der Waals surface area contributed by atoms with Gasteiger partial charge in [-0.05, 0) is 25.0 Å². The highest BCUT2D eigenvalue weighted by molar-refractivity contribution is 7.87. The van der Waals surface area contributed by atoms with E-state index >= 15 is 0 Å². The Bertz CT molecular complexity index is 641. The molecule has 2 unspecified atom stereocenters. The highest BCUT2D eigenvalue weighted by Crippen LogP contribution is 2.24. The lowest BCUT2D eigenvalue weighted by Crippen LogP contribution is -2.48. The summed E-state index contributed by atoms with van der Waals surface area (Å²) in [4.78, 5) is 11.2. The Morgan fingerprint density at radius 1 is 1.57 bits per heavy atom. The van der Waals surface area contributed by atoms with Crippen molar-refractivity contribution in [3.63, 3.8) is 0 Å². The van der Waals surface area contributed by atoms with Gasteiger partial charge in [0.1, 0.15) is 23.6 Å². The van der Waals surface area contributed by atoms with Crippen molar-refractivity contribution < 1.29 is 27.5 Å². The number of rotatable bonds is 8. The minimum absolute atomic E-state index is 0.0848. The maximum atomic E-state index is 12.5. The zero-order chi connectivity index (χ0) is 17.0. The van der Waals surface area contributed by atoms with Crippen molar-refractivity contribution in [2.45, 2.75) is 38.3 Å². The van der Waals surface area contributed by atoms with Gasteiger partial charge in [0.15, 0.2) is 0 Å². The number of carboxylic acids is 1. The van der Waals surface area contributed by atoms with Crippen LogP contribution in [0.2, 0.25) is 0 Å². The van der Waals surface area contributed by atoms with E-state index in [1.54, 1.807) is 12.1 Å². The Hall–Kier alpha value is -1.42. The van der Waals surface area contributed by atoms with Crippen LogP contribution in [-0.2, 0) is 26.2 Å². The fourth-order valence-corrected chi connectivity index (χ4v) is 4.21. The van der Waals surface area contributed by atoms with Gasteiger partial charge in [0, 0.05) is 20.1 Å². The van der Waals surface area contributed by atoms with E-state index in [-0.39, 0.29) is 13.2 Å². The number of furan rings is 1. The lowest BCUT2D eigenvalue weighted by molar-refractivity contribution is -0.140. The summed E-state index contributed by atoms with van der Waals surface area (Å²) in [5.41, 5.74) is 0. The van der Waals surface area contributed by atoms with Crippen molar-refractivity contribution in [1.29, 1.82) is 0 Å². The van der Waals surface area contributed by atoms with Crippen LogP contribution in [0.1, 0.15) is 37.3 Å². The first-order chi connectivity index (χ1) is 10.9. The third-order valence-corrected chi connectivity index (χ3v) is 5.43. The molecule has 1 aromatic rings. The van der Waals surface area contributed by atoms with Crippen LogP contribution in [0.15, 0.2) is 16.5 Å². The summed E-state index contributed by atoms with van der Waals surface area (Å²) < 4.78 is 39.2. The fourth-order valence-electron chi connectivity index (χ4n) is 2.63. The molecule has 0 radical (unpaired) electrons. The molecule has 2 N–H and O–H groups in total. The van der Waals surface area contributed by atoms with Crippen LogP contribution in [-0.4, -0.2) is 50.1 Å². The first kappa shape index (κ1) is 17.9. The van der Waals surface area contributed by atoms with Crippen LogP contribution >= 0.6 is 0 Å². The van der Waals surface area contributed by atoms with Crippen LogP contribution in [0, 0.1) is 0 Å². The number of hydrogen-bond donors (Lipinski definition) is 2. The van der Waals surface area contributed by atoms with Gasteiger partial charge in [0.25, 0.3) is 10.2 Å². The number of carboxylic acid groups (broad SMARTS) is 1. The molecule has 0 aliphatic carbocycles. The number of methoxy groups -OCH3 is 1. The van der Waals surface area contributed by atoms with Gasteiger partial charge in [0.05, 0.1) is 6.61 Å². The van der Waals surface area contributed by atoms with Crippen molar-refractivity contribution in [3.05, 3.63) is 23.7 Å². The van der Waals surface area contributed by atoms with Gasteiger partial charge >= 0.3 is 5.97 Å². The largest absolute Gasteiger partial charge is 0.480 e. The van der Waals surface area contributed by atoms with E-state index in [9.17, 15) is 13.2 Å². The van der Waals surface area contributed by atoms with Gasteiger partial charge in [-0.25, -0.2) is 0 Å². The standard InChI is InChI=1S/C14H22N2O6S/c1-3-10-6-7-13(22-10)11(9-21-2)15-23(19,20)16-8-4-5-12(16)14(17)18/h6-7,11-12,15H,3-5,8-9H2,1-2H3,(H,17,18). The molecule has 1 aliphatic heterocycles. The molecule has 0 spiro atoms. The van der Waals surface area contributed by atoms with Crippen LogP contribution in [0.4, 0.5) is 0 Å². The fraction of sp³-hybridized carbons (Fsp3) is 0.643. The smallest absolute Gasteiger partial charge is 0.322 e. The van der Waals surface area contributed by atoms with Crippen molar-refractivity contribution in [1.82, 2.24) is 9.03 Å². The van der Waals surface area contributed by atoms with E-state index in [4.69, 9.17) is 14.3 Å². The van der Waals surface area contributed by atoms with E-state index in [1.165, 1.54) is 7.11 Å². The van der Waals surface area contributed by atoms with Gasteiger partial charge in [-0.1, -0.05) is 6.92 Å². The van der Waals surface area contributed by atoms with Gasteiger partial charge in [-0.3, -0.25) is 4.79 Å². The minimum Gasteiger partial charge on any atom is -0.480 e. The van der Waals surface area contributed by atoms with Crippen LogP contribution in [0.3, 0.4) is 0 Å². The lowest BCUT2D eigenvalue weighted by atomic mass is 10.2. The summed E-state index contributed by atoms with van der Waals surface area (Å²) in [6.45, 7) is 2.20. The van der Waals surface area contributed by atoms with E-state index < -0.39 is 28.3 Å². The first-order valence-electron chi connectivity index (χ1n) is 7.48. The zero-order valence-electron chi connectivity index (χ0n) is 13.2. The molecule has 1 aliphatic rings. The molecule has 2 atom stereocenters. The summed E-state index contributed by atoms with van der Waals surface area (Å²) in [6.07, 6.45) is 1.53. The summed E-state index contributed by atoms with van der Waals surface area (Å²) >= 11 is 0. The maximum Gasteiger partial charge on any atom is 0.322 e. The Morgan fingerprint density at radius 3 is 2.87 bits per heavy atom. The molecule has 0 saturated carbocycles. The summed E-state index contributed by atoms with van der Waals surface area (Å²) in [6, 6.07) is 1.74. The molecule has 130 valence electrons. The summed E-state index contributed by atoms with van der Waals surface area (Å²) in [7, 11) is -2.50. The van der Waals surface area contributed by atoms with Crippen molar-refractivity contribution >= 4 is 16.2 Å². The van der Waals surface area contributed by atoms with Crippen molar-refractivity contribution in [3.8, 4) is 0 Å². The molecule has 9 heteroatoms. The van der Waals surface area contributed by atoms with Crippen LogP contribution < -0.4 is 4.72 Å². The van der Waals surface area contributed by atoms with Gasteiger partial charge in [-0.15, -0.1) is 0 Å². The summed E-state index contributed by atoms with van der Waals surface area (Å²) in [5.74, 6) is 0.0469. The molecule has 23 heavy (non-hydrogen) atoms. The number of aliphatic carboxylic acids is 1. The SMILES string of the molecule is CCc1ccc(C(COC)NS(=O)(=O)N2CCCC2C(=O)O)o1. The van der Waals surface area contributed by atoms with Gasteiger partial charge in [0.2, 0.25) is 0 Å². The predicted molar refractivity (Wildman–Crippen MR) is 82.1 cm³/mol. The van der Waals surface area contributed by atoms with Gasteiger partial charge in [-0.2, -0.15) is 17.4 Å². The van der Waals surface area contributed by atoms with E-state index in [0.29, 0.717) is 25.0 Å². The third-order valence-electron chi connectivity index (χ3n) is 3.80. The second kappa shape index (κ2) is 7.43. The number of hydrogen-bond acceptors (Lipinski definition) is 5. The number of aryl methyl sites for hydroxylation is 1. The van der Waals surface area contributed by atoms with Crippen molar-refractivity contribution in [2.24, 2.45) is 0 Å². The normalized spacial score (nSPS) is 20.7. The van der Waals surface area contributed by atoms with E-state index in [0.717, 1.165) is 10.1 Å². The average molecular weight is 346 g/mol. The maximum absolute atomic E-state index is 12.5. The summed E-state index contributed by atoms with van der Waals surface area (Å²) in [5, 5.41) is 9.16. The van der Waals surface area contributed by atoms with E-state index in [2.05, 4.69) is 4.72 Å². The predicted octanol–water partition coefficient (Wildman–Crippen LogP) is 0.913. The Kier molecular flexibility index (Phi) is 5.79. The lowest BCUT2D eigenvalue weighted by Gasteiger charge is -2.24. The molecule has 0 bridgehead atoms. The molecule has 1 fully saturated rings. The molecular weight excluding hydrogens is 324 g/mol. The van der Waals surface area contributed by atoms with E-state index in [1.807, 2.05) is 6.92 Å². The monoisotopic (exact) mass is 346 g/mol. The molecule has 8 nitrogen and oxygen atoms in total. The molecular formula is C14H22N2O6S. The highest BCUT2D eigenvalue weighted by atomic mass is 32.2. The van der Waals surface area contributed by atoms with Crippen LogP contribution in [0.5, 0.6) is 0 Å². The minimum atomic E-state index is -3.96. The Balaban J connectivity index is 2.19. The molecule has 0 aromatic carbocycles. The number of ether oxygens (including phenoxy) is 1. The molecule has 1 saturated heterocycles. The second-order valence-electron chi connectivity index (χ2n) is 5.40. The molecule has 2 heterocycles. The Labute approximate surface area is 135 Å². The highest BCUT2D eigenvalue weighted by Gasteiger charge is 2.40. The number of nitrogens with zero attached hydrogens (tertiary/aromatic N) is 1. The third kappa shape index (κ3) is 4.11. The molecule has 2 rings (SSSR count). The second-order valence-corrected chi connectivity index (χ2v) is 7.05. The van der Waals surface area contributed by atoms with Crippen LogP contribution in [0.25, 0.3) is 0 Å². The zero-order valence-corrected chi connectivity index (χ0v) is 14.0. The van der Waals surface area contributed by atoms with Gasteiger partial charge < -0.3 is 14.3 Å². The number of nitrogens with one attached hydrogen (secondary N) is 1. The first-order valence-corrected chi connectivity index (χ1v) is 8.92. The average Bonchev–Trinajstić information content (AvgIpc) is 3.16. The molecule has 1 aromatic heterocycles. The topological polar surface area (TPSA) is 109 Å². The number of carbonyl (C=O) groups is 1. The Morgan fingerprint density at radius 2 is 2.30 bits per heavy atom. The molecule has 0 amide bonds.